The third kappa shape index (κ3) is 4.06. The van der Waals surface area contributed by atoms with Crippen LogP contribution < -0.4 is 15.8 Å². The van der Waals surface area contributed by atoms with Crippen molar-refractivity contribution in [1.29, 1.82) is 0 Å². The van der Waals surface area contributed by atoms with Crippen molar-refractivity contribution in [3.8, 4) is 0 Å². The Morgan fingerprint density at radius 2 is 1.74 bits per heavy atom. The van der Waals surface area contributed by atoms with Crippen LogP contribution in [0.15, 0.2) is 48.8 Å². The summed E-state index contributed by atoms with van der Waals surface area (Å²) < 4.78 is 1.48. The Balaban J connectivity index is 2.15. The van der Waals surface area contributed by atoms with Gasteiger partial charge in [0.2, 0.25) is 6.20 Å². The van der Waals surface area contributed by atoms with Crippen molar-refractivity contribution < 1.29 is 14.3 Å². The Bertz CT molecular complexity index is 694. The molecule has 6 heteroatoms. The number of nitrogen functional groups attached to an aromatic ring is 1. The highest BCUT2D eigenvalue weighted by atomic mass is 16.2. The van der Waals surface area contributed by atoms with Crippen LogP contribution in [0.1, 0.15) is 34.6 Å². The van der Waals surface area contributed by atoms with Gasteiger partial charge in [-0.3, -0.25) is 9.59 Å². The van der Waals surface area contributed by atoms with E-state index in [0.717, 1.165) is 0 Å². The minimum Gasteiger partial charge on any atom is -0.399 e. The molecule has 2 rings (SSSR count). The van der Waals surface area contributed by atoms with Crippen LogP contribution >= 0.6 is 0 Å². The first kappa shape index (κ1) is 16.5. The number of anilines is 1. The Kier molecular flexibility index (Phi) is 5.30. The lowest BCUT2D eigenvalue weighted by molar-refractivity contribution is -0.641. The summed E-state index contributed by atoms with van der Waals surface area (Å²) in [6, 6.07) is 10.1. The summed E-state index contributed by atoms with van der Waals surface area (Å²) in [7, 11) is 0. The van der Waals surface area contributed by atoms with Crippen LogP contribution in [0, 0.1) is 0 Å². The number of benzene rings is 1. The quantitative estimate of drug-likeness (QED) is 0.647. The van der Waals surface area contributed by atoms with Crippen LogP contribution in [0.3, 0.4) is 0 Å². The molecule has 2 aromatic rings. The second-order valence-electron chi connectivity index (χ2n) is 5.04. The number of hydrogen-bond donors (Lipinski definition) is 2. The summed E-state index contributed by atoms with van der Waals surface area (Å²) in [6.45, 7) is 5.15. The molecule has 6 nitrogen and oxygen atoms in total. The van der Waals surface area contributed by atoms with Gasteiger partial charge in [-0.05, 0) is 44.2 Å². The standard InChI is InChI=1S/C17H20N4O2/c1-3-20(4-2)17(23)14-6-5-11-21(12-14)19-16(22)13-7-9-15(18)10-8-13/h5-12H,3-4H2,1-2H3,(H2-,18,19,22)/p+1. The minimum atomic E-state index is -0.276. The highest BCUT2D eigenvalue weighted by Crippen LogP contribution is 2.05. The normalized spacial score (nSPS) is 10.2. The van der Waals surface area contributed by atoms with Crippen LogP contribution in [0.25, 0.3) is 0 Å². The van der Waals surface area contributed by atoms with E-state index >= 15 is 0 Å². The van der Waals surface area contributed by atoms with Gasteiger partial charge in [-0.2, -0.15) is 0 Å². The number of nitrogens with one attached hydrogen (secondary N) is 1. The SMILES string of the molecule is CCN(CC)C(=O)c1ccc[n+](NC(=O)c2ccc(N)cc2)c1. The molecule has 0 saturated carbocycles. The highest BCUT2D eigenvalue weighted by molar-refractivity contribution is 5.99. The fraction of sp³-hybridized carbons (Fsp3) is 0.235. The van der Waals surface area contributed by atoms with E-state index in [-0.39, 0.29) is 11.8 Å². The third-order valence-electron chi connectivity index (χ3n) is 3.50. The van der Waals surface area contributed by atoms with Crippen molar-refractivity contribution in [2.45, 2.75) is 13.8 Å². The molecule has 3 N–H and O–H groups in total. The van der Waals surface area contributed by atoms with Gasteiger partial charge in [0.1, 0.15) is 5.56 Å². The van der Waals surface area contributed by atoms with Gasteiger partial charge in [-0.15, -0.1) is 5.43 Å². The fourth-order valence-electron chi connectivity index (χ4n) is 2.18. The first-order valence-electron chi connectivity index (χ1n) is 7.52. The van der Waals surface area contributed by atoms with E-state index in [0.29, 0.717) is 29.9 Å². The van der Waals surface area contributed by atoms with Crippen LogP contribution in [0.2, 0.25) is 0 Å². The molecule has 23 heavy (non-hydrogen) atoms. The fourth-order valence-corrected chi connectivity index (χ4v) is 2.18. The van der Waals surface area contributed by atoms with Crippen molar-refractivity contribution in [3.63, 3.8) is 0 Å². The molecule has 1 aromatic carbocycles. The lowest BCUT2D eigenvalue weighted by atomic mass is 10.2. The van der Waals surface area contributed by atoms with Crippen LogP contribution in [0.4, 0.5) is 5.69 Å². The van der Waals surface area contributed by atoms with Gasteiger partial charge < -0.3 is 10.6 Å². The zero-order chi connectivity index (χ0) is 16.8. The molecule has 1 aromatic heterocycles. The summed E-state index contributed by atoms with van der Waals surface area (Å²) >= 11 is 0. The number of rotatable bonds is 5. The van der Waals surface area contributed by atoms with Gasteiger partial charge in [0.05, 0.1) is 0 Å². The molecule has 0 bridgehead atoms. The van der Waals surface area contributed by atoms with Crippen molar-refractivity contribution in [2.24, 2.45) is 0 Å². The van der Waals surface area contributed by atoms with E-state index in [2.05, 4.69) is 5.43 Å². The molecule has 0 fully saturated rings. The van der Waals surface area contributed by atoms with Crippen molar-refractivity contribution in [2.75, 3.05) is 24.2 Å². The minimum absolute atomic E-state index is 0.0638. The average Bonchev–Trinajstić information content (AvgIpc) is 2.56. The van der Waals surface area contributed by atoms with E-state index in [1.54, 1.807) is 53.7 Å². The van der Waals surface area contributed by atoms with E-state index in [9.17, 15) is 9.59 Å². The predicted octanol–water partition coefficient (Wildman–Crippen LogP) is 1.42. The number of amides is 2. The third-order valence-corrected chi connectivity index (χ3v) is 3.50. The number of nitrogens with zero attached hydrogens (tertiary/aromatic N) is 2. The largest absolute Gasteiger partial charge is 0.399 e. The predicted molar refractivity (Wildman–Crippen MR) is 88.4 cm³/mol. The van der Waals surface area contributed by atoms with Gasteiger partial charge in [0.25, 0.3) is 5.91 Å². The molecule has 0 atom stereocenters. The van der Waals surface area contributed by atoms with Crippen molar-refractivity contribution >= 4 is 17.5 Å². The molecular formula is C17H21N4O2+. The Labute approximate surface area is 135 Å². The van der Waals surface area contributed by atoms with Crippen LogP contribution in [-0.4, -0.2) is 29.8 Å². The van der Waals surface area contributed by atoms with Crippen molar-refractivity contribution in [1.82, 2.24) is 4.90 Å². The Morgan fingerprint density at radius 1 is 1.09 bits per heavy atom. The lowest BCUT2D eigenvalue weighted by Gasteiger charge is -2.17. The van der Waals surface area contributed by atoms with Crippen molar-refractivity contribution in [3.05, 3.63) is 59.9 Å². The molecule has 0 aliphatic carbocycles. The number of pyridine rings is 1. The molecule has 2 amide bonds. The maximum atomic E-state index is 12.3. The van der Waals surface area contributed by atoms with Gasteiger partial charge in [0, 0.05) is 30.4 Å². The molecule has 0 spiro atoms. The maximum absolute atomic E-state index is 12.3. The summed E-state index contributed by atoms with van der Waals surface area (Å²) in [5.41, 5.74) is 9.94. The summed E-state index contributed by atoms with van der Waals surface area (Å²) in [5.74, 6) is -0.339. The summed E-state index contributed by atoms with van der Waals surface area (Å²) in [4.78, 5) is 26.2. The zero-order valence-corrected chi connectivity index (χ0v) is 13.3. The summed E-state index contributed by atoms with van der Waals surface area (Å²) in [5, 5.41) is 0. The smallest absolute Gasteiger partial charge is 0.305 e. The Hall–Kier alpha value is -2.89. The molecule has 120 valence electrons. The number of hydrogen-bond acceptors (Lipinski definition) is 3. The van der Waals surface area contributed by atoms with Gasteiger partial charge in [-0.25, -0.2) is 0 Å². The zero-order valence-electron chi connectivity index (χ0n) is 13.3. The van der Waals surface area contributed by atoms with E-state index in [4.69, 9.17) is 5.73 Å². The maximum Gasteiger partial charge on any atom is 0.305 e. The average molecular weight is 313 g/mol. The molecule has 0 unspecified atom stereocenters. The van der Waals surface area contributed by atoms with E-state index in [1.807, 2.05) is 13.8 Å². The molecule has 1 heterocycles. The lowest BCUT2D eigenvalue weighted by Crippen LogP contribution is -2.48. The molecule has 0 saturated heterocycles. The monoisotopic (exact) mass is 313 g/mol. The number of carbonyl (C=O) groups is 2. The van der Waals surface area contributed by atoms with E-state index < -0.39 is 0 Å². The summed E-state index contributed by atoms with van der Waals surface area (Å²) in [6.07, 6.45) is 3.28. The van der Waals surface area contributed by atoms with Gasteiger partial charge in [-0.1, -0.05) is 4.68 Å². The second-order valence-corrected chi connectivity index (χ2v) is 5.04. The topological polar surface area (TPSA) is 79.3 Å². The Morgan fingerprint density at radius 3 is 2.35 bits per heavy atom. The number of nitrogens with two attached hydrogens (primary N) is 1. The molecule has 0 aliphatic rings. The van der Waals surface area contributed by atoms with Gasteiger partial charge in [0.15, 0.2) is 6.20 Å². The van der Waals surface area contributed by atoms with E-state index in [1.165, 1.54) is 4.68 Å². The number of carbonyl (C=O) groups excluding carboxylic acids is 2. The van der Waals surface area contributed by atoms with Gasteiger partial charge >= 0.3 is 5.91 Å². The first-order chi connectivity index (χ1) is 11.0. The first-order valence-corrected chi connectivity index (χ1v) is 7.52. The van der Waals surface area contributed by atoms with Crippen LogP contribution in [0.5, 0.6) is 0 Å². The highest BCUT2D eigenvalue weighted by Gasteiger charge is 2.17. The second kappa shape index (κ2) is 7.40. The molecular weight excluding hydrogens is 292 g/mol. The number of aromatic nitrogens is 1. The molecule has 0 radical (unpaired) electrons. The molecule has 0 aliphatic heterocycles. The van der Waals surface area contributed by atoms with Crippen LogP contribution in [-0.2, 0) is 0 Å².